The summed E-state index contributed by atoms with van der Waals surface area (Å²) in [6, 6.07) is 0. The van der Waals surface area contributed by atoms with Crippen LogP contribution in [0.5, 0.6) is 0 Å². The Morgan fingerprint density at radius 2 is 1.53 bits per heavy atom. The third kappa shape index (κ3) is 2.37. The summed E-state index contributed by atoms with van der Waals surface area (Å²) in [5.74, 6) is -5.41. The first-order chi connectivity index (χ1) is 8.33. The summed E-state index contributed by atoms with van der Waals surface area (Å²) in [4.78, 5) is 10.5. The fraction of sp³-hybridized carbons (Fsp3) is 0.923. The smallest absolute Gasteiger partial charge is 0.544 e. The van der Waals surface area contributed by atoms with Crippen LogP contribution < -0.4 is 34.7 Å². The van der Waals surface area contributed by atoms with Crippen molar-refractivity contribution in [3.63, 3.8) is 0 Å². The van der Waals surface area contributed by atoms with Gasteiger partial charge in [0.1, 0.15) is 12.1 Å². The number of aliphatic carboxylic acids is 1. The van der Waals surface area contributed by atoms with E-state index in [0.29, 0.717) is 37.0 Å². The minimum absolute atomic E-state index is 0. The molecule has 4 rings (SSSR count). The predicted molar refractivity (Wildman–Crippen MR) is 56.6 cm³/mol. The van der Waals surface area contributed by atoms with Gasteiger partial charge in [0.05, 0.1) is 0 Å². The number of carboxylic acids is 1. The first kappa shape index (κ1) is 15.7. The molecule has 0 amide bonds. The van der Waals surface area contributed by atoms with Crippen LogP contribution in [0.2, 0.25) is 0 Å². The van der Waals surface area contributed by atoms with E-state index >= 15 is 0 Å². The zero-order chi connectivity index (χ0) is 13.1. The number of aliphatic hydroxyl groups is 1. The summed E-state index contributed by atoms with van der Waals surface area (Å²) in [5, 5.41) is 20.5. The molecule has 4 fully saturated rings. The van der Waals surface area contributed by atoms with E-state index in [1.807, 2.05) is 0 Å². The van der Waals surface area contributed by atoms with Gasteiger partial charge in [0.25, 0.3) is 0 Å². The van der Waals surface area contributed by atoms with Gasteiger partial charge in [-0.3, -0.25) is 0 Å². The fourth-order valence-electron chi connectivity index (χ4n) is 5.01. The zero-order valence-corrected chi connectivity index (χ0v) is 13.1. The molecule has 102 valence electrons. The number of carboxylic acid groups (broad SMARTS) is 1. The van der Waals surface area contributed by atoms with Crippen LogP contribution in [-0.2, 0) is 4.79 Å². The summed E-state index contributed by atoms with van der Waals surface area (Å²) < 4.78 is 27.1. The number of aliphatic hydroxyl groups excluding tert-OH is 1. The molecule has 3 nitrogen and oxygen atoms in total. The van der Waals surface area contributed by atoms with Crippen LogP contribution in [0.15, 0.2) is 0 Å². The predicted octanol–water partition coefficient (Wildman–Crippen LogP) is -2.05. The molecular weight excluding hydrogens is 265 g/mol. The van der Waals surface area contributed by atoms with E-state index in [2.05, 4.69) is 0 Å². The normalized spacial score (nSPS) is 41.7. The van der Waals surface area contributed by atoms with Crippen molar-refractivity contribution in [2.45, 2.75) is 50.6 Å². The Balaban J connectivity index is 0.00000133. The van der Waals surface area contributed by atoms with E-state index in [9.17, 15) is 23.8 Å². The van der Waals surface area contributed by atoms with Gasteiger partial charge in [0.15, 0.2) is 0 Å². The summed E-state index contributed by atoms with van der Waals surface area (Å²) in [6.45, 7) is 0. The number of rotatable bonds is 3. The van der Waals surface area contributed by atoms with Crippen LogP contribution in [-0.4, -0.2) is 23.1 Å². The van der Waals surface area contributed by atoms with Crippen LogP contribution in [0.25, 0.3) is 0 Å². The van der Waals surface area contributed by atoms with E-state index in [4.69, 9.17) is 0 Å². The van der Waals surface area contributed by atoms with Crippen LogP contribution >= 0.6 is 0 Å². The molecule has 0 aromatic rings. The number of hydrogen-bond donors (Lipinski definition) is 1. The molecule has 0 spiro atoms. The van der Waals surface area contributed by atoms with Crippen LogP contribution in [0.1, 0.15) is 38.5 Å². The minimum atomic E-state index is -4.13. The van der Waals surface area contributed by atoms with Gasteiger partial charge in [-0.1, -0.05) is 0 Å². The molecule has 0 heterocycles. The second-order valence-corrected chi connectivity index (χ2v) is 6.59. The molecular formula is C13H17F2NaO3. The van der Waals surface area contributed by atoms with Gasteiger partial charge in [-0.25, -0.2) is 0 Å². The molecule has 19 heavy (non-hydrogen) atoms. The van der Waals surface area contributed by atoms with Crippen molar-refractivity contribution in [2.24, 2.45) is 23.2 Å². The SMILES string of the molecule is O=C([O-])C(F)(F)C(O)C12CC3CC(CC(C3)C1)C2.[Na+]. The summed E-state index contributed by atoms with van der Waals surface area (Å²) in [7, 11) is 0. The maximum atomic E-state index is 13.5. The van der Waals surface area contributed by atoms with Crippen molar-refractivity contribution in [1.82, 2.24) is 0 Å². The van der Waals surface area contributed by atoms with Gasteiger partial charge in [-0.05, 0) is 56.3 Å². The molecule has 4 saturated carbocycles. The topological polar surface area (TPSA) is 60.4 Å². The van der Waals surface area contributed by atoms with Crippen LogP contribution in [0.4, 0.5) is 8.78 Å². The molecule has 0 saturated heterocycles. The van der Waals surface area contributed by atoms with Crippen molar-refractivity contribution in [3.8, 4) is 0 Å². The van der Waals surface area contributed by atoms with Crippen molar-refractivity contribution in [3.05, 3.63) is 0 Å². The van der Waals surface area contributed by atoms with E-state index in [1.54, 1.807) is 0 Å². The van der Waals surface area contributed by atoms with Crippen LogP contribution in [0.3, 0.4) is 0 Å². The quantitative estimate of drug-likeness (QED) is 0.606. The van der Waals surface area contributed by atoms with Crippen molar-refractivity contribution < 1.29 is 53.3 Å². The van der Waals surface area contributed by atoms with Gasteiger partial charge in [0.2, 0.25) is 0 Å². The molecule has 1 atom stereocenters. The monoisotopic (exact) mass is 282 g/mol. The average molecular weight is 282 g/mol. The molecule has 0 aliphatic heterocycles. The Bertz CT molecular complexity index is 351. The Morgan fingerprint density at radius 1 is 1.16 bits per heavy atom. The van der Waals surface area contributed by atoms with Crippen molar-refractivity contribution in [1.29, 1.82) is 0 Å². The van der Waals surface area contributed by atoms with Gasteiger partial charge < -0.3 is 15.0 Å². The van der Waals surface area contributed by atoms with Crippen molar-refractivity contribution >= 4 is 5.97 Å². The first-order valence-electron chi connectivity index (χ1n) is 6.61. The Hall–Kier alpha value is 0.290. The summed E-state index contributed by atoms with van der Waals surface area (Å²) in [5.41, 5.74) is -0.891. The molecule has 4 bridgehead atoms. The molecule has 4 aliphatic rings. The molecule has 0 aromatic heterocycles. The fourth-order valence-corrected chi connectivity index (χ4v) is 5.01. The number of carbonyl (C=O) groups excluding carboxylic acids is 1. The second kappa shape index (κ2) is 4.93. The summed E-state index contributed by atoms with van der Waals surface area (Å²) >= 11 is 0. The summed E-state index contributed by atoms with van der Waals surface area (Å²) in [6.07, 6.45) is 2.72. The number of hydrogen-bond acceptors (Lipinski definition) is 3. The maximum Gasteiger partial charge on any atom is 1.00 e. The number of alkyl halides is 2. The Morgan fingerprint density at radius 3 is 1.84 bits per heavy atom. The maximum absolute atomic E-state index is 13.5. The molecule has 1 unspecified atom stereocenters. The molecule has 0 aromatic carbocycles. The van der Waals surface area contributed by atoms with E-state index in [1.165, 1.54) is 0 Å². The van der Waals surface area contributed by atoms with E-state index < -0.39 is 23.4 Å². The van der Waals surface area contributed by atoms with Gasteiger partial charge in [-0.2, -0.15) is 8.78 Å². The number of carbonyl (C=O) groups is 1. The van der Waals surface area contributed by atoms with Crippen molar-refractivity contribution in [2.75, 3.05) is 0 Å². The molecule has 4 aliphatic carbocycles. The third-order valence-corrected chi connectivity index (χ3v) is 5.28. The van der Waals surface area contributed by atoms with E-state index in [0.717, 1.165) is 19.3 Å². The third-order valence-electron chi connectivity index (χ3n) is 5.28. The number of halogens is 2. The minimum Gasteiger partial charge on any atom is -0.544 e. The van der Waals surface area contributed by atoms with Gasteiger partial charge >= 0.3 is 35.5 Å². The largest absolute Gasteiger partial charge is 1.00 e. The van der Waals surface area contributed by atoms with E-state index in [-0.39, 0.29) is 29.6 Å². The average Bonchev–Trinajstić information content (AvgIpc) is 2.25. The van der Waals surface area contributed by atoms with Gasteiger partial charge in [0, 0.05) is 5.41 Å². The first-order valence-corrected chi connectivity index (χ1v) is 6.61. The van der Waals surface area contributed by atoms with Gasteiger partial charge in [-0.15, -0.1) is 0 Å². The molecule has 1 N–H and O–H groups in total. The molecule has 6 heteroatoms. The van der Waals surface area contributed by atoms with Crippen LogP contribution in [0, 0.1) is 23.2 Å². The standard InChI is InChI=1S/C13H18F2O3.Na/c14-13(15,11(17)18)10(16)12-4-7-1-8(5-12)3-9(2-7)6-12;/h7-10,16H,1-6H2,(H,17,18);/q;+1/p-1. The molecule has 0 radical (unpaired) electrons. The Kier molecular flexibility index (Phi) is 4.07. The Labute approximate surface area is 133 Å². The second-order valence-electron chi connectivity index (χ2n) is 6.59. The zero-order valence-electron chi connectivity index (χ0n) is 11.1.